The Bertz CT molecular complexity index is 808. The van der Waals surface area contributed by atoms with E-state index in [1.165, 1.54) is 6.92 Å². The fraction of sp³-hybridized carbons (Fsp3) is 0.588. The SMILES string of the molecule is Cc1noc2nc(C3CCN(C(=O)CN(C)C)CC3)cc(C(F)(F)F)c12. The smallest absolute Gasteiger partial charge is 0.342 e. The highest BCUT2D eigenvalue weighted by Gasteiger charge is 2.36. The van der Waals surface area contributed by atoms with Crippen LogP contribution in [0.2, 0.25) is 0 Å². The number of carbonyl (C=O) groups is 1. The van der Waals surface area contributed by atoms with E-state index in [4.69, 9.17) is 4.52 Å². The second-order valence-corrected chi connectivity index (χ2v) is 6.93. The van der Waals surface area contributed by atoms with Crippen LogP contribution in [0.1, 0.15) is 35.7 Å². The number of rotatable bonds is 3. The molecule has 2 aromatic rings. The van der Waals surface area contributed by atoms with Crippen molar-refractivity contribution in [3.05, 3.63) is 23.0 Å². The number of nitrogens with zero attached hydrogens (tertiary/aromatic N) is 4. The van der Waals surface area contributed by atoms with Gasteiger partial charge in [-0.1, -0.05) is 5.16 Å². The molecular weight excluding hydrogens is 349 g/mol. The number of fused-ring (bicyclic) bond motifs is 1. The number of likely N-dealkylation sites (tertiary alicyclic amines) is 1. The molecule has 0 spiro atoms. The molecule has 6 nitrogen and oxygen atoms in total. The van der Waals surface area contributed by atoms with Crippen LogP contribution in [0, 0.1) is 6.92 Å². The van der Waals surface area contributed by atoms with E-state index in [2.05, 4.69) is 10.1 Å². The first-order valence-corrected chi connectivity index (χ1v) is 8.43. The molecule has 1 aliphatic heterocycles. The van der Waals surface area contributed by atoms with Crippen molar-refractivity contribution in [1.82, 2.24) is 19.9 Å². The van der Waals surface area contributed by atoms with E-state index in [9.17, 15) is 18.0 Å². The molecule has 26 heavy (non-hydrogen) atoms. The average molecular weight is 370 g/mol. The van der Waals surface area contributed by atoms with Crippen LogP contribution in [0.15, 0.2) is 10.6 Å². The lowest BCUT2D eigenvalue weighted by Crippen LogP contribution is -2.42. The molecule has 0 N–H and O–H groups in total. The van der Waals surface area contributed by atoms with Crippen LogP contribution in [0.4, 0.5) is 13.2 Å². The zero-order chi connectivity index (χ0) is 19.1. The molecule has 0 unspecified atom stereocenters. The maximum atomic E-state index is 13.5. The van der Waals surface area contributed by atoms with Gasteiger partial charge in [0.25, 0.3) is 5.71 Å². The molecule has 2 aromatic heterocycles. The number of pyridine rings is 1. The molecule has 0 bridgehead atoms. The number of alkyl halides is 3. The first-order chi connectivity index (χ1) is 12.2. The highest BCUT2D eigenvalue weighted by molar-refractivity contribution is 5.81. The Labute approximate surface area is 148 Å². The van der Waals surface area contributed by atoms with Gasteiger partial charge in [-0.15, -0.1) is 0 Å². The first kappa shape index (κ1) is 18.6. The standard InChI is InChI=1S/C17H21F3N4O2/c1-10-15-12(17(18,19)20)8-13(21-16(15)26-22-10)11-4-6-24(7-5-11)14(25)9-23(2)3/h8,11H,4-7,9H2,1-3H3. The largest absolute Gasteiger partial charge is 0.417 e. The third-order valence-corrected chi connectivity index (χ3v) is 4.66. The molecule has 142 valence electrons. The zero-order valence-electron chi connectivity index (χ0n) is 14.9. The highest BCUT2D eigenvalue weighted by atomic mass is 19.4. The van der Waals surface area contributed by atoms with Crippen LogP contribution in [0.25, 0.3) is 11.1 Å². The summed E-state index contributed by atoms with van der Waals surface area (Å²) in [6.45, 7) is 2.81. The molecule has 0 atom stereocenters. The lowest BCUT2D eigenvalue weighted by atomic mass is 9.91. The second kappa shape index (κ2) is 6.86. The van der Waals surface area contributed by atoms with Gasteiger partial charge in [0.05, 0.1) is 23.2 Å². The average Bonchev–Trinajstić information content (AvgIpc) is 2.94. The van der Waals surface area contributed by atoms with Gasteiger partial charge in [0.1, 0.15) is 0 Å². The molecule has 1 aliphatic rings. The molecule has 3 heterocycles. The van der Waals surface area contributed by atoms with Gasteiger partial charge in [-0.05, 0) is 39.9 Å². The maximum absolute atomic E-state index is 13.5. The van der Waals surface area contributed by atoms with Gasteiger partial charge >= 0.3 is 6.18 Å². The zero-order valence-corrected chi connectivity index (χ0v) is 14.9. The fourth-order valence-corrected chi connectivity index (χ4v) is 3.34. The van der Waals surface area contributed by atoms with E-state index in [0.29, 0.717) is 38.2 Å². The van der Waals surface area contributed by atoms with Gasteiger partial charge < -0.3 is 14.3 Å². The third kappa shape index (κ3) is 3.67. The number of carbonyl (C=O) groups excluding carboxylic acids is 1. The minimum atomic E-state index is -4.51. The Kier molecular flexibility index (Phi) is 4.92. The molecule has 9 heteroatoms. The molecule has 0 aliphatic carbocycles. The summed E-state index contributed by atoms with van der Waals surface area (Å²) < 4.78 is 45.4. The lowest BCUT2D eigenvalue weighted by molar-refractivity contribution is -0.136. The summed E-state index contributed by atoms with van der Waals surface area (Å²) in [4.78, 5) is 19.9. The van der Waals surface area contributed by atoms with E-state index < -0.39 is 11.7 Å². The lowest BCUT2D eigenvalue weighted by Gasteiger charge is -2.32. The summed E-state index contributed by atoms with van der Waals surface area (Å²) >= 11 is 0. The normalized spacial score (nSPS) is 16.7. The summed E-state index contributed by atoms with van der Waals surface area (Å²) in [7, 11) is 3.64. The number of halogens is 3. The first-order valence-electron chi connectivity index (χ1n) is 8.43. The molecule has 1 amide bonds. The number of likely N-dealkylation sites (N-methyl/N-ethyl adjacent to an activating group) is 1. The van der Waals surface area contributed by atoms with Crippen LogP contribution in [0.3, 0.4) is 0 Å². The monoisotopic (exact) mass is 370 g/mol. The Morgan fingerprint density at radius 1 is 1.35 bits per heavy atom. The van der Waals surface area contributed by atoms with E-state index in [0.717, 1.165) is 6.07 Å². The van der Waals surface area contributed by atoms with E-state index in [1.54, 1.807) is 9.80 Å². The molecular formula is C17H21F3N4O2. The Morgan fingerprint density at radius 3 is 2.58 bits per heavy atom. The van der Waals surface area contributed by atoms with Gasteiger partial charge in [0.2, 0.25) is 5.91 Å². The van der Waals surface area contributed by atoms with Gasteiger partial charge in [-0.25, -0.2) is 4.98 Å². The minimum Gasteiger partial charge on any atom is -0.342 e. The van der Waals surface area contributed by atoms with E-state index in [-0.39, 0.29) is 28.6 Å². The van der Waals surface area contributed by atoms with Crippen LogP contribution in [-0.4, -0.2) is 59.6 Å². The van der Waals surface area contributed by atoms with Crippen molar-refractivity contribution in [1.29, 1.82) is 0 Å². The Morgan fingerprint density at radius 2 is 2.00 bits per heavy atom. The number of aryl methyl sites for hydroxylation is 1. The molecule has 1 fully saturated rings. The van der Waals surface area contributed by atoms with Crippen LogP contribution in [-0.2, 0) is 11.0 Å². The van der Waals surface area contributed by atoms with Crippen LogP contribution in [0.5, 0.6) is 0 Å². The maximum Gasteiger partial charge on any atom is 0.417 e. The molecule has 0 aromatic carbocycles. The quantitative estimate of drug-likeness (QED) is 0.831. The summed E-state index contributed by atoms with van der Waals surface area (Å²) in [5.41, 5.74) is -0.322. The van der Waals surface area contributed by atoms with Gasteiger partial charge in [0, 0.05) is 24.7 Å². The number of hydrogen-bond donors (Lipinski definition) is 0. The number of hydrogen-bond acceptors (Lipinski definition) is 5. The second-order valence-electron chi connectivity index (χ2n) is 6.93. The summed E-state index contributed by atoms with van der Waals surface area (Å²) in [5, 5.41) is 3.54. The van der Waals surface area contributed by atoms with Gasteiger partial charge in [-0.2, -0.15) is 13.2 Å². The van der Waals surface area contributed by atoms with Crippen molar-refractivity contribution in [2.45, 2.75) is 31.9 Å². The predicted octanol–water partition coefficient (Wildman–Crippen LogP) is 2.82. The number of aromatic nitrogens is 2. The van der Waals surface area contributed by atoms with Gasteiger partial charge in [0.15, 0.2) is 0 Å². The fourth-order valence-electron chi connectivity index (χ4n) is 3.34. The summed E-state index contributed by atoms with van der Waals surface area (Å²) in [6.07, 6.45) is -3.36. The van der Waals surface area contributed by atoms with Crippen molar-refractivity contribution in [3.8, 4) is 0 Å². The Balaban J connectivity index is 1.83. The third-order valence-electron chi connectivity index (χ3n) is 4.66. The number of amides is 1. The van der Waals surface area contributed by atoms with Crippen molar-refractivity contribution in [2.75, 3.05) is 33.7 Å². The van der Waals surface area contributed by atoms with Crippen molar-refractivity contribution < 1.29 is 22.5 Å². The van der Waals surface area contributed by atoms with Crippen molar-refractivity contribution in [2.24, 2.45) is 0 Å². The Hall–Kier alpha value is -2.16. The predicted molar refractivity (Wildman–Crippen MR) is 88.7 cm³/mol. The van der Waals surface area contributed by atoms with Crippen LogP contribution < -0.4 is 0 Å². The van der Waals surface area contributed by atoms with Gasteiger partial charge in [-0.3, -0.25) is 4.79 Å². The molecule has 1 saturated heterocycles. The number of piperidine rings is 1. The van der Waals surface area contributed by atoms with E-state index in [1.807, 2.05) is 14.1 Å². The topological polar surface area (TPSA) is 62.5 Å². The molecule has 0 radical (unpaired) electrons. The molecule has 3 rings (SSSR count). The highest BCUT2D eigenvalue weighted by Crippen LogP contribution is 2.38. The molecule has 0 saturated carbocycles. The minimum absolute atomic E-state index is 0.0266. The summed E-state index contributed by atoms with van der Waals surface area (Å²) in [6, 6.07) is 1.11. The van der Waals surface area contributed by atoms with Crippen molar-refractivity contribution >= 4 is 17.0 Å². The summed E-state index contributed by atoms with van der Waals surface area (Å²) in [5.74, 6) is -0.118. The van der Waals surface area contributed by atoms with Crippen LogP contribution >= 0.6 is 0 Å². The van der Waals surface area contributed by atoms with E-state index >= 15 is 0 Å². The van der Waals surface area contributed by atoms with Crippen molar-refractivity contribution in [3.63, 3.8) is 0 Å².